The SMILES string of the molecule is CCNC(=NCCc1c[nH]c2ccc(Cl)cc12)N1CCC(C(=O)N2CCOCC2)CC1. The molecule has 3 heterocycles. The van der Waals surface area contributed by atoms with Crippen LogP contribution < -0.4 is 5.32 Å². The number of amides is 1. The van der Waals surface area contributed by atoms with Gasteiger partial charge in [0.1, 0.15) is 0 Å². The molecule has 1 aromatic carbocycles. The molecule has 168 valence electrons. The zero-order valence-corrected chi connectivity index (χ0v) is 19.0. The quantitative estimate of drug-likeness (QED) is 0.548. The molecular formula is C23H32ClN5O2. The number of guanidine groups is 1. The number of carbonyl (C=O) groups is 1. The van der Waals surface area contributed by atoms with Gasteiger partial charge in [-0.25, -0.2) is 0 Å². The molecule has 2 fully saturated rings. The van der Waals surface area contributed by atoms with Crippen LogP contribution in [0.3, 0.4) is 0 Å². The predicted molar refractivity (Wildman–Crippen MR) is 125 cm³/mol. The van der Waals surface area contributed by atoms with E-state index < -0.39 is 0 Å². The Morgan fingerprint density at radius 2 is 2.00 bits per heavy atom. The standard InChI is InChI=1S/C23H32ClN5O2/c1-2-25-23(26-8-5-18-16-27-21-4-3-19(24)15-20(18)21)29-9-6-17(7-10-29)22(30)28-11-13-31-14-12-28/h3-4,15-17,27H,2,5-14H2,1H3,(H,25,26). The van der Waals surface area contributed by atoms with E-state index in [9.17, 15) is 4.79 Å². The Morgan fingerprint density at radius 1 is 1.23 bits per heavy atom. The number of rotatable bonds is 5. The zero-order chi connectivity index (χ0) is 21.6. The molecule has 0 spiro atoms. The molecule has 0 atom stereocenters. The Kier molecular flexibility index (Phi) is 7.35. The Morgan fingerprint density at radius 3 is 2.74 bits per heavy atom. The average molecular weight is 446 g/mol. The van der Waals surface area contributed by atoms with Crippen molar-refractivity contribution >= 4 is 34.4 Å². The third kappa shape index (κ3) is 5.33. The average Bonchev–Trinajstić information content (AvgIpc) is 3.21. The van der Waals surface area contributed by atoms with Crippen molar-refractivity contribution in [3.05, 3.63) is 35.0 Å². The fourth-order valence-corrected chi connectivity index (χ4v) is 4.62. The highest BCUT2D eigenvalue weighted by Crippen LogP contribution is 2.23. The molecule has 2 aliphatic rings. The number of halogens is 1. The van der Waals surface area contributed by atoms with Crippen LogP contribution in [0.2, 0.25) is 5.02 Å². The van der Waals surface area contributed by atoms with Crippen molar-refractivity contribution in [3.8, 4) is 0 Å². The topological polar surface area (TPSA) is 73.0 Å². The first-order chi connectivity index (χ1) is 15.2. The number of aromatic nitrogens is 1. The molecule has 0 bridgehead atoms. The number of nitrogens with zero attached hydrogens (tertiary/aromatic N) is 3. The van der Waals surface area contributed by atoms with Crippen LogP contribution in [-0.4, -0.2) is 79.1 Å². The number of nitrogens with one attached hydrogen (secondary N) is 2. The van der Waals surface area contributed by atoms with E-state index in [0.717, 1.165) is 73.9 Å². The normalized spacial score (nSPS) is 18.6. The van der Waals surface area contributed by atoms with Gasteiger partial charge < -0.3 is 24.8 Å². The Labute approximate surface area is 188 Å². The number of piperidine rings is 1. The first-order valence-corrected chi connectivity index (χ1v) is 11.7. The lowest BCUT2D eigenvalue weighted by Gasteiger charge is -2.36. The molecule has 7 nitrogen and oxygen atoms in total. The second-order valence-electron chi connectivity index (χ2n) is 8.19. The van der Waals surface area contributed by atoms with Crippen LogP contribution in [0, 0.1) is 5.92 Å². The van der Waals surface area contributed by atoms with E-state index in [2.05, 4.69) is 22.1 Å². The second kappa shape index (κ2) is 10.4. The molecule has 0 unspecified atom stereocenters. The summed E-state index contributed by atoms with van der Waals surface area (Å²) in [6.45, 7) is 8.10. The van der Waals surface area contributed by atoms with Crippen LogP contribution in [0.1, 0.15) is 25.3 Å². The number of hydrogen-bond donors (Lipinski definition) is 2. The van der Waals surface area contributed by atoms with E-state index in [1.54, 1.807) is 0 Å². The van der Waals surface area contributed by atoms with Gasteiger partial charge in [-0.3, -0.25) is 9.79 Å². The predicted octanol–water partition coefficient (Wildman–Crippen LogP) is 2.90. The number of aromatic amines is 1. The number of morpholine rings is 1. The van der Waals surface area contributed by atoms with Gasteiger partial charge in [-0.05, 0) is 49.9 Å². The molecule has 2 aromatic rings. The van der Waals surface area contributed by atoms with Crippen molar-refractivity contribution in [1.82, 2.24) is 20.1 Å². The van der Waals surface area contributed by atoms with Gasteiger partial charge in [0.25, 0.3) is 0 Å². The Bertz CT molecular complexity index is 914. The van der Waals surface area contributed by atoms with E-state index in [4.69, 9.17) is 21.3 Å². The van der Waals surface area contributed by atoms with Crippen LogP contribution in [0.15, 0.2) is 29.4 Å². The number of carbonyl (C=O) groups excluding carboxylic acids is 1. The molecule has 0 saturated carbocycles. The molecule has 31 heavy (non-hydrogen) atoms. The van der Waals surface area contributed by atoms with Crippen LogP contribution in [0.25, 0.3) is 10.9 Å². The summed E-state index contributed by atoms with van der Waals surface area (Å²) >= 11 is 6.17. The fraction of sp³-hybridized carbons (Fsp3) is 0.565. The first kappa shape index (κ1) is 22.0. The van der Waals surface area contributed by atoms with Gasteiger partial charge in [0.2, 0.25) is 5.91 Å². The number of aliphatic imine (C=N–C) groups is 1. The molecule has 0 aliphatic carbocycles. The summed E-state index contributed by atoms with van der Waals surface area (Å²) in [7, 11) is 0. The minimum atomic E-state index is 0.119. The summed E-state index contributed by atoms with van der Waals surface area (Å²) in [5.74, 6) is 1.36. The number of H-pyrrole nitrogens is 1. The van der Waals surface area contributed by atoms with E-state index in [0.29, 0.717) is 25.7 Å². The van der Waals surface area contributed by atoms with Crippen LogP contribution in [0.4, 0.5) is 0 Å². The summed E-state index contributed by atoms with van der Waals surface area (Å²) in [5, 5.41) is 5.33. The molecule has 8 heteroatoms. The van der Waals surface area contributed by atoms with Gasteiger partial charge in [0.15, 0.2) is 5.96 Å². The minimum absolute atomic E-state index is 0.119. The van der Waals surface area contributed by atoms with Crippen molar-refractivity contribution in [2.75, 3.05) is 52.5 Å². The van der Waals surface area contributed by atoms with Crippen LogP contribution in [0.5, 0.6) is 0 Å². The third-order valence-electron chi connectivity index (χ3n) is 6.17. The largest absolute Gasteiger partial charge is 0.378 e. The number of benzene rings is 1. The minimum Gasteiger partial charge on any atom is -0.378 e. The second-order valence-corrected chi connectivity index (χ2v) is 8.62. The number of fused-ring (bicyclic) bond motifs is 1. The zero-order valence-electron chi connectivity index (χ0n) is 18.2. The third-order valence-corrected chi connectivity index (χ3v) is 6.41. The maximum absolute atomic E-state index is 12.8. The van der Waals surface area contributed by atoms with Gasteiger partial charge >= 0.3 is 0 Å². The summed E-state index contributed by atoms with van der Waals surface area (Å²) in [6, 6.07) is 5.92. The molecule has 0 radical (unpaired) electrons. The van der Waals surface area contributed by atoms with Crippen molar-refractivity contribution in [2.24, 2.45) is 10.9 Å². The molecule has 1 aromatic heterocycles. The maximum atomic E-state index is 12.8. The first-order valence-electron chi connectivity index (χ1n) is 11.3. The molecule has 1 amide bonds. The van der Waals surface area contributed by atoms with Crippen LogP contribution >= 0.6 is 11.6 Å². The highest BCUT2D eigenvalue weighted by molar-refractivity contribution is 6.31. The fourth-order valence-electron chi connectivity index (χ4n) is 4.45. The smallest absolute Gasteiger partial charge is 0.225 e. The Hall–Kier alpha value is -2.25. The number of likely N-dealkylation sites (tertiary alicyclic amines) is 1. The molecular weight excluding hydrogens is 414 g/mol. The van der Waals surface area contributed by atoms with E-state index >= 15 is 0 Å². The highest BCUT2D eigenvalue weighted by Gasteiger charge is 2.30. The molecule has 2 saturated heterocycles. The summed E-state index contributed by atoms with van der Waals surface area (Å²) in [5.41, 5.74) is 2.33. The lowest BCUT2D eigenvalue weighted by Crippen LogP contribution is -2.50. The Balaban J connectivity index is 1.33. The van der Waals surface area contributed by atoms with Gasteiger partial charge in [-0.1, -0.05) is 11.6 Å². The number of hydrogen-bond acceptors (Lipinski definition) is 3. The van der Waals surface area contributed by atoms with Crippen LogP contribution in [-0.2, 0) is 16.0 Å². The van der Waals surface area contributed by atoms with E-state index in [-0.39, 0.29) is 5.92 Å². The highest BCUT2D eigenvalue weighted by atomic mass is 35.5. The van der Waals surface area contributed by atoms with Crippen molar-refractivity contribution in [1.29, 1.82) is 0 Å². The lowest BCUT2D eigenvalue weighted by molar-refractivity contribution is -0.140. The molecule has 4 rings (SSSR count). The van der Waals surface area contributed by atoms with E-state index in [1.807, 2.05) is 29.3 Å². The summed E-state index contributed by atoms with van der Waals surface area (Å²) < 4.78 is 5.37. The van der Waals surface area contributed by atoms with Gasteiger partial charge in [-0.2, -0.15) is 0 Å². The van der Waals surface area contributed by atoms with Gasteiger partial charge in [0, 0.05) is 67.3 Å². The number of ether oxygens (including phenoxy) is 1. The van der Waals surface area contributed by atoms with Gasteiger partial charge in [0.05, 0.1) is 13.2 Å². The van der Waals surface area contributed by atoms with Crippen molar-refractivity contribution < 1.29 is 9.53 Å². The van der Waals surface area contributed by atoms with Gasteiger partial charge in [-0.15, -0.1) is 0 Å². The maximum Gasteiger partial charge on any atom is 0.225 e. The van der Waals surface area contributed by atoms with E-state index in [1.165, 1.54) is 5.56 Å². The molecule has 2 aliphatic heterocycles. The van der Waals surface area contributed by atoms with Crippen molar-refractivity contribution in [2.45, 2.75) is 26.2 Å². The monoisotopic (exact) mass is 445 g/mol. The molecule has 2 N–H and O–H groups in total. The summed E-state index contributed by atoms with van der Waals surface area (Å²) in [6.07, 6.45) is 4.65. The summed E-state index contributed by atoms with van der Waals surface area (Å²) in [4.78, 5) is 25.2. The van der Waals surface area contributed by atoms with Crippen molar-refractivity contribution in [3.63, 3.8) is 0 Å². The lowest BCUT2D eigenvalue weighted by atomic mass is 9.95.